The highest BCUT2D eigenvalue weighted by Gasteiger charge is 2.40. The molecule has 2 unspecified atom stereocenters. The number of anilines is 1. The molecule has 0 saturated heterocycles. The third-order valence-corrected chi connectivity index (χ3v) is 7.67. The number of nitrogens with zero attached hydrogens (tertiary/aromatic N) is 1. The molecule has 0 radical (unpaired) electrons. The smallest absolute Gasteiger partial charge is 0.251 e. The van der Waals surface area contributed by atoms with E-state index in [4.69, 9.17) is 5.73 Å². The second kappa shape index (κ2) is 7.09. The zero-order valence-corrected chi connectivity index (χ0v) is 16.7. The van der Waals surface area contributed by atoms with Crippen molar-refractivity contribution in [2.24, 2.45) is 17.6 Å². The molecule has 3 N–H and O–H groups in total. The van der Waals surface area contributed by atoms with Crippen molar-refractivity contribution in [3.63, 3.8) is 0 Å². The summed E-state index contributed by atoms with van der Waals surface area (Å²) in [6, 6.07) is 5.88. The molecule has 1 aliphatic heterocycles. The van der Waals surface area contributed by atoms with E-state index in [1.54, 1.807) is 12.1 Å². The molecule has 27 heavy (non-hydrogen) atoms. The Bertz CT molecular complexity index is 825. The zero-order valence-electron chi connectivity index (χ0n) is 15.9. The fraction of sp³-hybridized carbons (Fsp3) is 0.650. The number of rotatable bonds is 3. The predicted molar refractivity (Wildman–Crippen MR) is 106 cm³/mol. The van der Waals surface area contributed by atoms with Gasteiger partial charge in [-0.3, -0.25) is 9.10 Å². The molecule has 0 aromatic heterocycles. The topological polar surface area (TPSA) is 92.5 Å². The Morgan fingerprint density at radius 3 is 2.56 bits per heavy atom. The van der Waals surface area contributed by atoms with E-state index in [0.717, 1.165) is 44.1 Å². The molecule has 2 bridgehead atoms. The number of nitrogens with one attached hydrogen (secondary N) is 1. The monoisotopic (exact) mass is 391 g/mol. The number of carbonyl (C=O) groups excluding carboxylic acids is 1. The van der Waals surface area contributed by atoms with Crippen LogP contribution in [0.2, 0.25) is 0 Å². The summed E-state index contributed by atoms with van der Waals surface area (Å²) in [5, 5.41) is 3.28. The largest absolute Gasteiger partial charge is 0.349 e. The predicted octanol–water partition coefficient (Wildman–Crippen LogP) is 2.03. The van der Waals surface area contributed by atoms with Crippen LogP contribution >= 0.6 is 0 Å². The van der Waals surface area contributed by atoms with Crippen molar-refractivity contribution in [2.75, 3.05) is 17.1 Å². The summed E-state index contributed by atoms with van der Waals surface area (Å²) >= 11 is 0. The van der Waals surface area contributed by atoms with Crippen molar-refractivity contribution in [3.05, 3.63) is 29.3 Å². The highest BCUT2D eigenvalue weighted by atomic mass is 32.2. The first-order valence-corrected chi connectivity index (χ1v) is 11.8. The molecule has 7 heteroatoms. The fourth-order valence-corrected chi connectivity index (χ4v) is 6.30. The highest BCUT2D eigenvalue weighted by molar-refractivity contribution is 7.92. The van der Waals surface area contributed by atoms with E-state index in [2.05, 4.69) is 5.32 Å². The van der Waals surface area contributed by atoms with Crippen LogP contribution in [0.3, 0.4) is 0 Å². The molecule has 2 atom stereocenters. The summed E-state index contributed by atoms with van der Waals surface area (Å²) < 4.78 is 25.5. The van der Waals surface area contributed by atoms with Gasteiger partial charge >= 0.3 is 0 Å². The molecule has 1 amide bonds. The Kier molecular flexibility index (Phi) is 4.93. The lowest BCUT2D eigenvalue weighted by Crippen LogP contribution is -2.53. The maximum absolute atomic E-state index is 12.9. The molecule has 2 saturated carbocycles. The van der Waals surface area contributed by atoms with E-state index in [-0.39, 0.29) is 18.0 Å². The van der Waals surface area contributed by atoms with E-state index in [1.165, 1.54) is 17.0 Å². The average Bonchev–Trinajstić information content (AvgIpc) is 2.60. The molecule has 148 valence electrons. The number of aryl methyl sites for hydroxylation is 1. The number of fused-ring (bicyclic) bond motifs is 3. The summed E-state index contributed by atoms with van der Waals surface area (Å²) in [7, 11) is -3.29. The lowest BCUT2D eigenvalue weighted by Gasteiger charge is -2.45. The van der Waals surface area contributed by atoms with Gasteiger partial charge in [0, 0.05) is 24.2 Å². The summed E-state index contributed by atoms with van der Waals surface area (Å²) in [6.07, 6.45) is 8.31. The minimum absolute atomic E-state index is 0.0494. The maximum atomic E-state index is 12.9. The third-order valence-electron chi connectivity index (χ3n) is 6.49. The first-order chi connectivity index (χ1) is 12.8. The number of carbonyl (C=O) groups is 1. The number of hydrogen-bond donors (Lipinski definition) is 2. The van der Waals surface area contributed by atoms with Crippen molar-refractivity contribution in [2.45, 2.75) is 57.0 Å². The van der Waals surface area contributed by atoms with Gasteiger partial charge in [-0.2, -0.15) is 0 Å². The molecule has 2 aliphatic carbocycles. The van der Waals surface area contributed by atoms with Gasteiger partial charge in [0.25, 0.3) is 5.91 Å². The van der Waals surface area contributed by atoms with Gasteiger partial charge in [0.05, 0.1) is 11.9 Å². The Labute approximate surface area is 161 Å². The molecule has 1 heterocycles. The van der Waals surface area contributed by atoms with Crippen molar-refractivity contribution < 1.29 is 13.2 Å². The lowest BCUT2D eigenvalue weighted by molar-refractivity contribution is 0.0756. The second-order valence-electron chi connectivity index (χ2n) is 8.46. The van der Waals surface area contributed by atoms with E-state index < -0.39 is 10.0 Å². The summed E-state index contributed by atoms with van der Waals surface area (Å²) in [6.45, 7) is 0.503. The van der Waals surface area contributed by atoms with Crippen molar-refractivity contribution >= 4 is 21.6 Å². The van der Waals surface area contributed by atoms with Crippen molar-refractivity contribution in [3.8, 4) is 0 Å². The van der Waals surface area contributed by atoms with Gasteiger partial charge < -0.3 is 11.1 Å². The van der Waals surface area contributed by atoms with Crippen LogP contribution < -0.4 is 15.4 Å². The highest BCUT2D eigenvalue weighted by Crippen LogP contribution is 2.40. The van der Waals surface area contributed by atoms with E-state index in [9.17, 15) is 13.2 Å². The first-order valence-electron chi connectivity index (χ1n) is 10.00. The summed E-state index contributed by atoms with van der Waals surface area (Å²) in [5.41, 5.74) is 8.45. The Morgan fingerprint density at radius 2 is 1.89 bits per heavy atom. The number of hydrogen-bond acceptors (Lipinski definition) is 4. The lowest BCUT2D eigenvalue weighted by atomic mass is 9.67. The van der Waals surface area contributed by atoms with E-state index >= 15 is 0 Å². The van der Waals surface area contributed by atoms with Crippen molar-refractivity contribution in [1.82, 2.24) is 5.32 Å². The molecule has 2 fully saturated rings. The van der Waals surface area contributed by atoms with E-state index in [0.29, 0.717) is 29.6 Å². The minimum Gasteiger partial charge on any atom is -0.349 e. The van der Waals surface area contributed by atoms with Crippen LogP contribution in [0.5, 0.6) is 0 Å². The molecule has 1 aromatic rings. The van der Waals surface area contributed by atoms with Gasteiger partial charge in [-0.15, -0.1) is 0 Å². The Hall–Kier alpha value is -1.60. The average molecular weight is 392 g/mol. The minimum atomic E-state index is -3.29. The van der Waals surface area contributed by atoms with Crippen molar-refractivity contribution in [1.29, 1.82) is 0 Å². The maximum Gasteiger partial charge on any atom is 0.251 e. The van der Waals surface area contributed by atoms with Crippen LogP contribution in [-0.2, 0) is 16.4 Å². The van der Waals surface area contributed by atoms with Crippen LogP contribution in [-0.4, -0.2) is 39.2 Å². The van der Waals surface area contributed by atoms with Crippen LogP contribution in [0.15, 0.2) is 18.2 Å². The van der Waals surface area contributed by atoms with Gasteiger partial charge in [-0.05, 0) is 74.1 Å². The Balaban J connectivity index is 1.53. The standard InChI is InChI=1S/C20H29N3O3S/c1-27(25,26)23-9-3-6-13-10-16(7-8-18(13)23)20(24)22-19-14-4-2-5-15(19)12-17(21)11-14/h7-8,10,14-15,17,19H,2-6,9,11-12,21H2,1H3,(H,22,24). The quantitative estimate of drug-likeness (QED) is 0.825. The molecule has 6 nitrogen and oxygen atoms in total. The molecule has 1 aromatic carbocycles. The van der Waals surface area contributed by atoms with Crippen LogP contribution in [0, 0.1) is 11.8 Å². The number of nitrogens with two attached hydrogens (primary N) is 1. The zero-order chi connectivity index (χ0) is 19.2. The molecule has 4 rings (SSSR count). The second-order valence-corrected chi connectivity index (χ2v) is 10.4. The van der Waals surface area contributed by atoms with Crippen LogP contribution in [0.4, 0.5) is 5.69 Å². The summed E-state index contributed by atoms with van der Waals surface area (Å²) in [5.74, 6) is 0.913. The summed E-state index contributed by atoms with van der Waals surface area (Å²) in [4.78, 5) is 12.9. The van der Waals surface area contributed by atoms with Crippen LogP contribution in [0.25, 0.3) is 0 Å². The van der Waals surface area contributed by atoms with Gasteiger partial charge in [0.2, 0.25) is 10.0 Å². The molecule has 0 spiro atoms. The number of amides is 1. The SMILES string of the molecule is CS(=O)(=O)N1CCCc2cc(C(=O)NC3C4CCCC3CC(N)C4)ccc21. The molecular weight excluding hydrogens is 362 g/mol. The van der Waals surface area contributed by atoms with Gasteiger partial charge in [-0.1, -0.05) is 6.42 Å². The van der Waals surface area contributed by atoms with Gasteiger partial charge in [0.15, 0.2) is 0 Å². The molecular formula is C20H29N3O3S. The third kappa shape index (κ3) is 3.72. The van der Waals surface area contributed by atoms with Gasteiger partial charge in [-0.25, -0.2) is 8.42 Å². The van der Waals surface area contributed by atoms with Crippen LogP contribution in [0.1, 0.15) is 54.4 Å². The molecule has 3 aliphatic rings. The number of sulfonamides is 1. The normalized spacial score (nSPS) is 30.5. The first kappa shape index (κ1) is 18.7. The van der Waals surface area contributed by atoms with E-state index in [1.807, 2.05) is 6.07 Å². The Morgan fingerprint density at radius 1 is 1.19 bits per heavy atom. The number of benzene rings is 1. The fourth-order valence-electron chi connectivity index (χ4n) is 5.31. The van der Waals surface area contributed by atoms with Gasteiger partial charge in [0.1, 0.15) is 0 Å².